The van der Waals surface area contributed by atoms with Gasteiger partial charge in [-0.2, -0.15) is 20.4 Å². The number of aliphatic hydroxyl groups excluding tert-OH is 2. The van der Waals surface area contributed by atoms with Gasteiger partial charge in [0.25, 0.3) is 5.56 Å². The van der Waals surface area contributed by atoms with Gasteiger partial charge >= 0.3 is 35.2 Å². The summed E-state index contributed by atoms with van der Waals surface area (Å²) in [4.78, 5) is 111. The van der Waals surface area contributed by atoms with Crippen LogP contribution in [0.5, 0.6) is 0 Å². The molecule has 4 rings (SSSR count). The Kier molecular flexibility index (Phi) is 19.6. The zero-order valence-corrected chi connectivity index (χ0v) is 36.6. The second kappa shape index (κ2) is 23.6. The van der Waals surface area contributed by atoms with E-state index in [4.69, 9.17) is 14.5 Å². The molecular weight excluding hydrogens is 911 g/mol. The first kappa shape index (κ1) is 51.4. The van der Waals surface area contributed by atoms with Gasteiger partial charge in [0.15, 0.2) is 6.23 Å². The number of nitrogens with zero attached hydrogens (tertiary/aromatic N) is 1. The first-order chi connectivity index (χ1) is 29.1. The molecule has 62 heavy (non-hydrogen) atoms. The third-order valence-corrected chi connectivity index (χ3v) is 14.8. The van der Waals surface area contributed by atoms with Crippen molar-refractivity contribution in [3.63, 3.8) is 0 Å². The summed E-state index contributed by atoms with van der Waals surface area (Å²) in [6, 6.07) is 0.245. The molecule has 3 aliphatic rings. The smallest absolute Gasteiger partial charge is 0.387 e. The molecule has 3 saturated heterocycles. The summed E-state index contributed by atoms with van der Waals surface area (Å²) in [5.41, 5.74) is -2.13. The van der Waals surface area contributed by atoms with Crippen LogP contribution < -0.4 is 37.8 Å². The Balaban J connectivity index is 1.06. The van der Waals surface area contributed by atoms with Gasteiger partial charge in [0.1, 0.15) is 18.3 Å². The van der Waals surface area contributed by atoms with Gasteiger partial charge in [0, 0.05) is 56.1 Å². The molecule has 12 N–H and O–H groups in total. The lowest BCUT2D eigenvalue weighted by atomic mass is 10.0. The Morgan fingerprint density at radius 2 is 1.48 bits per heavy atom. The van der Waals surface area contributed by atoms with Crippen LogP contribution in [0.3, 0.4) is 0 Å². The molecule has 5 amide bonds. The Bertz CT molecular complexity index is 2030. The molecular formula is C32H52N7O19P3S. The van der Waals surface area contributed by atoms with Crippen LogP contribution in [0.2, 0.25) is 0 Å². The number of phosphoric ester groups is 1. The van der Waals surface area contributed by atoms with Gasteiger partial charge in [-0.15, -0.1) is 0 Å². The molecule has 3 fully saturated rings. The Labute approximate surface area is 357 Å². The minimum Gasteiger partial charge on any atom is -0.387 e. The highest BCUT2D eigenvalue weighted by Gasteiger charge is 2.47. The van der Waals surface area contributed by atoms with Crippen LogP contribution in [0.25, 0.3) is 6.08 Å². The van der Waals surface area contributed by atoms with E-state index in [-0.39, 0.29) is 60.9 Å². The number of amides is 5. The quantitative estimate of drug-likeness (QED) is 0.0299. The van der Waals surface area contributed by atoms with Gasteiger partial charge < -0.3 is 61.1 Å². The number of aromatic nitrogens is 2. The van der Waals surface area contributed by atoms with Crippen molar-refractivity contribution in [2.24, 2.45) is 0 Å². The predicted octanol–water partition coefficient (Wildman–Crippen LogP) is -1.07. The molecule has 0 radical (unpaired) electrons. The summed E-state index contributed by atoms with van der Waals surface area (Å²) in [6.45, 7) is -0.384. The number of unbranched alkanes of at least 4 members (excludes halogenated alkanes) is 3. The number of phosphoric acid groups is 3. The lowest BCUT2D eigenvalue weighted by molar-refractivity contribution is -0.122. The van der Waals surface area contributed by atoms with Crippen molar-refractivity contribution in [2.75, 3.05) is 32.0 Å². The average Bonchev–Trinajstić information content (AvgIpc) is 3.81. The van der Waals surface area contributed by atoms with Crippen LogP contribution in [0.15, 0.2) is 21.9 Å². The van der Waals surface area contributed by atoms with Crippen molar-refractivity contribution in [1.29, 1.82) is 0 Å². The third kappa shape index (κ3) is 17.0. The van der Waals surface area contributed by atoms with Gasteiger partial charge in [0.2, 0.25) is 17.7 Å². The lowest BCUT2D eigenvalue weighted by Crippen LogP contribution is -2.38. The largest absolute Gasteiger partial charge is 0.490 e. The third-order valence-electron chi connectivity index (χ3n) is 9.53. The molecule has 4 heterocycles. The number of aliphatic hydroxyl groups is 2. The van der Waals surface area contributed by atoms with Gasteiger partial charge in [-0.05, 0) is 32.1 Å². The molecule has 0 bridgehead atoms. The highest BCUT2D eigenvalue weighted by Crippen LogP contribution is 2.66. The molecule has 0 aliphatic carbocycles. The Hall–Kier alpha value is -3.26. The second-order valence-corrected chi connectivity index (χ2v) is 20.1. The number of H-pyrrole nitrogens is 1. The van der Waals surface area contributed by atoms with Crippen LogP contribution in [0.4, 0.5) is 4.79 Å². The minimum absolute atomic E-state index is 0.00370. The van der Waals surface area contributed by atoms with E-state index in [1.165, 1.54) is 12.2 Å². The molecule has 26 nitrogen and oxygen atoms in total. The molecule has 1 aromatic heterocycles. The first-order valence-electron chi connectivity index (χ1n) is 19.4. The zero-order chi connectivity index (χ0) is 45.7. The number of hydrogen-bond donors (Lipinski definition) is 12. The number of aromatic amines is 1. The van der Waals surface area contributed by atoms with Crippen molar-refractivity contribution < 1.29 is 80.5 Å². The maximum atomic E-state index is 12.5. The van der Waals surface area contributed by atoms with Crippen molar-refractivity contribution in [3.8, 4) is 0 Å². The second-order valence-electron chi connectivity index (χ2n) is 14.4. The minimum atomic E-state index is -5.83. The van der Waals surface area contributed by atoms with E-state index in [0.29, 0.717) is 42.0 Å². The maximum Gasteiger partial charge on any atom is 0.490 e. The number of nitrogens with one attached hydrogen (secondary N) is 6. The monoisotopic (exact) mass is 963 g/mol. The van der Waals surface area contributed by atoms with Gasteiger partial charge in [-0.3, -0.25) is 33.3 Å². The summed E-state index contributed by atoms with van der Waals surface area (Å²) in [5.74, 6) is 0.388. The summed E-state index contributed by atoms with van der Waals surface area (Å²) < 4.78 is 52.0. The van der Waals surface area contributed by atoms with Crippen LogP contribution in [-0.2, 0) is 46.0 Å². The number of thioether (sulfide) groups is 1. The normalized spacial score (nSPS) is 25.4. The summed E-state index contributed by atoms with van der Waals surface area (Å²) in [5, 5.41) is 35.4. The number of rotatable bonds is 26. The fourth-order valence-corrected chi connectivity index (χ4v) is 11.1. The molecule has 9 atom stereocenters. The molecule has 3 aliphatic heterocycles. The summed E-state index contributed by atoms with van der Waals surface area (Å²) in [6.07, 6.45) is 2.29. The average molecular weight is 964 g/mol. The highest BCUT2D eigenvalue weighted by atomic mass is 32.2. The zero-order valence-electron chi connectivity index (χ0n) is 33.1. The van der Waals surface area contributed by atoms with Crippen LogP contribution in [0.1, 0.15) is 76.0 Å². The number of carbonyl (C=O) groups is 4. The molecule has 30 heteroatoms. The Morgan fingerprint density at radius 1 is 0.839 bits per heavy atom. The van der Waals surface area contributed by atoms with Crippen molar-refractivity contribution >= 4 is 65.1 Å². The van der Waals surface area contributed by atoms with Crippen LogP contribution in [-0.4, -0.2) is 131 Å². The van der Waals surface area contributed by atoms with E-state index < -0.39 is 65.9 Å². The Morgan fingerprint density at radius 3 is 2.18 bits per heavy atom. The fourth-order valence-electron chi connectivity index (χ4n) is 6.57. The van der Waals surface area contributed by atoms with E-state index in [9.17, 15) is 62.5 Å². The van der Waals surface area contributed by atoms with Crippen molar-refractivity contribution in [3.05, 3.63) is 38.7 Å². The van der Waals surface area contributed by atoms with Gasteiger partial charge in [-0.1, -0.05) is 25.0 Å². The van der Waals surface area contributed by atoms with Crippen molar-refractivity contribution in [1.82, 2.24) is 36.1 Å². The van der Waals surface area contributed by atoms with Crippen LogP contribution in [0, 0.1) is 0 Å². The standard InChI is InChI=1S/C32H52N7O19P3S/c40-23(10-2-1-5-13-33-24(41)11-4-3-9-22-26-20(18-62-22)36-31(46)37-26)35-15-7-12-25(42)34-14-6-8-19-16-39(32(47)38-29(19)45)30-28(44)27(43)21(56-30)17-55-60(51,52)58-61(53,54)57-59(48,49)50/h6,8,16,20-22,26-28,30,43-44H,1-5,7,9-15,17-18H2,(H,33,41)(H,34,42)(H,35,40)(H,51,52)(H,53,54)(H2,36,37,46)(H,38,45,47)(H2,48,49,50)/b8-6+/t20-,21-,22-,26-,27-,28-,30-/m1/s1. The number of carbonyl (C=O) groups excluding carboxylic acids is 4. The fraction of sp³-hybridized carbons (Fsp3) is 0.688. The lowest BCUT2D eigenvalue weighted by Gasteiger charge is -2.19. The topological polar surface area (TPSA) is 393 Å². The van der Waals surface area contributed by atoms with E-state index in [1.807, 2.05) is 16.7 Å². The highest BCUT2D eigenvalue weighted by molar-refractivity contribution is 8.00. The maximum absolute atomic E-state index is 12.5. The van der Waals surface area contributed by atoms with Crippen molar-refractivity contribution in [2.45, 2.75) is 106 Å². The van der Waals surface area contributed by atoms with Gasteiger partial charge in [-0.25, -0.2) is 23.3 Å². The molecule has 0 saturated carbocycles. The first-order valence-corrected chi connectivity index (χ1v) is 25.0. The number of fused-ring (bicyclic) bond motifs is 1. The number of urea groups is 1. The molecule has 350 valence electrons. The predicted molar refractivity (Wildman–Crippen MR) is 217 cm³/mol. The van der Waals surface area contributed by atoms with Gasteiger partial charge in [0.05, 0.1) is 24.3 Å². The van der Waals surface area contributed by atoms with E-state index in [1.54, 1.807) is 0 Å². The molecule has 2 unspecified atom stereocenters. The SMILES string of the molecule is O=C(CCCNC(=O)CCCCCNC(=O)CCCC[C@H]1SC[C@H]2NC(=O)N[C@H]21)NC/C=C/c1cn([C@@H]2O[C@H](COP(=O)(O)OP(=O)(O)OP(=O)(O)O)[C@@H](O)[C@H]2O)c(=O)[nH]c1=O. The molecule has 0 aromatic carbocycles. The number of hydrogen-bond acceptors (Lipinski definition) is 16. The van der Waals surface area contributed by atoms with E-state index in [2.05, 4.69) is 39.7 Å². The summed E-state index contributed by atoms with van der Waals surface area (Å²) in [7, 11) is -17.1. The molecule has 0 spiro atoms. The van der Waals surface area contributed by atoms with E-state index >= 15 is 0 Å². The summed E-state index contributed by atoms with van der Waals surface area (Å²) >= 11 is 1.85. The number of ether oxygens (including phenoxy) is 1. The molecule has 1 aromatic rings. The van der Waals surface area contributed by atoms with Crippen LogP contribution >= 0.6 is 35.2 Å². The van der Waals surface area contributed by atoms with E-state index in [0.717, 1.165) is 44.1 Å².